The molecule has 0 aromatic heterocycles. The van der Waals surface area contributed by atoms with Crippen LogP contribution in [0, 0.1) is 16.0 Å². The van der Waals surface area contributed by atoms with Crippen LogP contribution in [0.2, 0.25) is 0 Å². The van der Waals surface area contributed by atoms with Gasteiger partial charge in [-0.3, -0.25) is 14.9 Å². The van der Waals surface area contributed by atoms with E-state index in [1.54, 1.807) is 11.4 Å². The summed E-state index contributed by atoms with van der Waals surface area (Å²) in [6.45, 7) is 0. The van der Waals surface area contributed by atoms with Gasteiger partial charge in [0.15, 0.2) is 10.9 Å². The van der Waals surface area contributed by atoms with Gasteiger partial charge >= 0.3 is 6.18 Å². The lowest BCUT2D eigenvalue weighted by Crippen LogP contribution is -2.72. The van der Waals surface area contributed by atoms with E-state index in [1.807, 2.05) is 0 Å². The van der Waals surface area contributed by atoms with Gasteiger partial charge in [0.1, 0.15) is 5.92 Å². The van der Waals surface area contributed by atoms with Crippen LogP contribution in [0.1, 0.15) is 22.0 Å². The van der Waals surface area contributed by atoms with Crippen molar-refractivity contribution in [1.29, 1.82) is 0 Å². The number of carbonyl (C=O) groups is 1. The standard InChI is InChI=1S/C18H14F3N3O5S/c19-18(20,21)17(27)13(15(26)9-4-2-1-3-5-9)14(22-16(30)23-17)10-6-7-12(25)11(8-10)24(28)29/h1-8,13-14,25,27H,(H2,22,23,30)/p-1/t13-,14-,17+/m0/s1. The minimum Gasteiger partial charge on any atom is -0.868 e. The Bertz CT molecular complexity index is 1020. The molecule has 1 aliphatic heterocycles. The molecule has 0 unspecified atom stereocenters. The van der Waals surface area contributed by atoms with Crippen molar-refractivity contribution in [2.45, 2.75) is 17.9 Å². The molecule has 8 nitrogen and oxygen atoms in total. The average Bonchev–Trinajstić information content (AvgIpc) is 2.67. The predicted molar refractivity (Wildman–Crippen MR) is 99.4 cm³/mol. The summed E-state index contributed by atoms with van der Waals surface area (Å²) in [6, 6.07) is 7.94. The van der Waals surface area contributed by atoms with Crippen LogP contribution >= 0.6 is 12.2 Å². The first-order valence-electron chi connectivity index (χ1n) is 8.38. The molecule has 0 bridgehead atoms. The molecule has 2 aromatic carbocycles. The summed E-state index contributed by atoms with van der Waals surface area (Å²) in [5.41, 5.74) is -4.97. The Morgan fingerprint density at radius 3 is 2.40 bits per heavy atom. The first-order valence-corrected chi connectivity index (χ1v) is 8.79. The second kappa shape index (κ2) is 7.54. The lowest BCUT2D eigenvalue weighted by Gasteiger charge is -2.46. The van der Waals surface area contributed by atoms with Crippen LogP contribution in [-0.4, -0.2) is 32.8 Å². The number of halogens is 3. The summed E-state index contributed by atoms with van der Waals surface area (Å²) in [4.78, 5) is 23.2. The fourth-order valence-electron chi connectivity index (χ4n) is 3.27. The van der Waals surface area contributed by atoms with Gasteiger partial charge in [-0.05, 0) is 23.5 Å². The Morgan fingerprint density at radius 2 is 1.83 bits per heavy atom. The van der Waals surface area contributed by atoms with Crippen LogP contribution in [0.25, 0.3) is 0 Å². The summed E-state index contributed by atoms with van der Waals surface area (Å²) in [6.07, 6.45) is -5.34. The molecule has 0 saturated carbocycles. The third kappa shape index (κ3) is 3.66. The van der Waals surface area contributed by atoms with Crippen molar-refractivity contribution in [3.05, 3.63) is 69.8 Å². The molecule has 0 radical (unpaired) electrons. The van der Waals surface area contributed by atoms with Gasteiger partial charge in [0, 0.05) is 11.6 Å². The zero-order valence-electron chi connectivity index (χ0n) is 14.8. The summed E-state index contributed by atoms with van der Waals surface area (Å²) in [5, 5.41) is 36.9. The fraction of sp³-hybridized carbons (Fsp3) is 0.222. The number of aliphatic hydroxyl groups is 1. The molecule has 158 valence electrons. The number of hydrogen-bond donors (Lipinski definition) is 3. The Labute approximate surface area is 172 Å². The molecular formula is C18H13F3N3O5S-. The van der Waals surface area contributed by atoms with Gasteiger partial charge in [0.05, 0.1) is 11.0 Å². The molecule has 1 saturated heterocycles. The number of carbonyl (C=O) groups excluding carboxylic acids is 1. The number of nitrogens with zero attached hydrogens (tertiary/aromatic N) is 1. The Hall–Kier alpha value is -3.25. The number of nitro benzene ring substituents is 1. The highest BCUT2D eigenvalue weighted by Crippen LogP contribution is 2.44. The van der Waals surface area contributed by atoms with Crippen molar-refractivity contribution in [3.63, 3.8) is 0 Å². The lowest BCUT2D eigenvalue weighted by atomic mass is 9.77. The molecule has 0 aliphatic carbocycles. The summed E-state index contributed by atoms with van der Waals surface area (Å²) in [5.74, 6) is -4.27. The zero-order chi connectivity index (χ0) is 22.3. The van der Waals surface area contributed by atoms with E-state index in [4.69, 9.17) is 12.2 Å². The van der Waals surface area contributed by atoms with E-state index in [2.05, 4.69) is 5.32 Å². The van der Waals surface area contributed by atoms with E-state index in [0.29, 0.717) is 0 Å². The number of hydrogen-bond acceptors (Lipinski definition) is 6. The maximum atomic E-state index is 13.9. The second-order valence-electron chi connectivity index (χ2n) is 6.53. The Balaban J connectivity index is 2.20. The first-order chi connectivity index (χ1) is 14.0. The molecule has 1 aliphatic rings. The molecule has 2 aromatic rings. The average molecular weight is 440 g/mol. The SMILES string of the molecule is O=C(c1ccccc1)[C@@H]1[C@H](c2ccc([O-])c([N+](=O)[O-])c2)NC(=S)N[C@]1(O)C(F)(F)F. The molecule has 3 atom stereocenters. The highest BCUT2D eigenvalue weighted by molar-refractivity contribution is 7.80. The van der Waals surface area contributed by atoms with Gasteiger partial charge < -0.3 is 20.8 Å². The van der Waals surface area contributed by atoms with Crippen LogP contribution < -0.4 is 15.7 Å². The number of nitro groups is 1. The lowest BCUT2D eigenvalue weighted by molar-refractivity contribution is -0.398. The monoisotopic (exact) mass is 440 g/mol. The predicted octanol–water partition coefficient (Wildman–Crippen LogP) is 1.94. The van der Waals surface area contributed by atoms with Crippen molar-refractivity contribution in [3.8, 4) is 5.75 Å². The normalized spacial score (nSPS) is 23.9. The second-order valence-corrected chi connectivity index (χ2v) is 6.94. The summed E-state index contributed by atoms with van der Waals surface area (Å²) in [7, 11) is 0. The number of Topliss-reactive ketones (excluding diaryl/α,β-unsaturated/α-hetero) is 1. The highest BCUT2D eigenvalue weighted by Gasteiger charge is 2.65. The van der Waals surface area contributed by atoms with E-state index in [9.17, 15) is 38.3 Å². The van der Waals surface area contributed by atoms with E-state index in [0.717, 1.165) is 18.2 Å². The molecule has 3 N–H and O–H groups in total. The molecule has 1 fully saturated rings. The van der Waals surface area contributed by atoms with Crippen molar-refractivity contribution >= 4 is 28.8 Å². The quantitative estimate of drug-likeness (QED) is 0.285. The van der Waals surface area contributed by atoms with E-state index < -0.39 is 51.1 Å². The van der Waals surface area contributed by atoms with E-state index in [-0.39, 0.29) is 11.1 Å². The van der Waals surface area contributed by atoms with E-state index in [1.165, 1.54) is 24.3 Å². The Kier molecular flexibility index (Phi) is 5.39. The topological polar surface area (TPSA) is 128 Å². The third-order valence-electron chi connectivity index (χ3n) is 4.69. The largest absolute Gasteiger partial charge is 0.868 e. The fourth-order valence-corrected chi connectivity index (χ4v) is 3.55. The number of ketones is 1. The minimum absolute atomic E-state index is 0.124. The molecule has 12 heteroatoms. The van der Waals surface area contributed by atoms with Crippen molar-refractivity contribution in [2.24, 2.45) is 5.92 Å². The minimum atomic E-state index is -5.34. The van der Waals surface area contributed by atoms with E-state index >= 15 is 0 Å². The molecule has 3 rings (SSSR count). The van der Waals surface area contributed by atoms with Crippen LogP contribution in [0.15, 0.2) is 48.5 Å². The van der Waals surface area contributed by atoms with Gasteiger partial charge in [-0.15, -0.1) is 0 Å². The molecule has 1 heterocycles. The third-order valence-corrected chi connectivity index (χ3v) is 4.91. The Morgan fingerprint density at radius 1 is 1.20 bits per heavy atom. The summed E-state index contributed by atoms with van der Waals surface area (Å²) < 4.78 is 41.6. The number of nitrogens with one attached hydrogen (secondary N) is 2. The van der Waals surface area contributed by atoms with Gasteiger partial charge in [0.25, 0.3) is 5.69 Å². The van der Waals surface area contributed by atoms with Gasteiger partial charge in [-0.2, -0.15) is 13.2 Å². The summed E-state index contributed by atoms with van der Waals surface area (Å²) >= 11 is 4.78. The number of alkyl halides is 3. The molecule has 0 amide bonds. The number of thiocarbonyl (C=S) groups is 1. The van der Waals surface area contributed by atoms with Crippen LogP contribution in [0.4, 0.5) is 18.9 Å². The van der Waals surface area contributed by atoms with Crippen LogP contribution in [-0.2, 0) is 0 Å². The van der Waals surface area contributed by atoms with Gasteiger partial charge in [-0.1, -0.05) is 42.5 Å². The van der Waals surface area contributed by atoms with Crippen molar-refractivity contribution in [1.82, 2.24) is 10.6 Å². The molecule has 0 spiro atoms. The van der Waals surface area contributed by atoms with Crippen LogP contribution in [0.3, 0.4) is 0 Å². The van der Waals surface area contributed by atoms with Crippen molar-refractivity contribution in [2.75, 3.05) is 0 Å². The maximum absolute atomic E-state index is 13.9. The molecular weight excluding hydrogens is 427 g/mol. The van der Waals surface area contributed by atoms with Gasteiger partial charge in [-0.25, -0.2) is 0 Å². The zero-order valence-corrected chi connectivity index (χ0v) is 15.7. The number of rotatable bonds is 4. The van der Waals surface area contributed by atoms with Crippen LogP contribution in [0.5, 0.6) is 5.75 Å². The smallest absolute Gasteiger partial charge is 0.437 e. The first kappa shape index (κ1) is 21.5. The number of benzene rings is 2. The van der Waals surface area contributed by atoms with Gasteiger partial charge in [0.2, 0.25) is 5.72 Å². The maximum Gasteiger partial charge on any atom is 0.437 e. The van der Waals surface area contributed by atoms with Crippen molar-refractivity contribution < 1.29 is 33.1 Å². The molecule has 30 heavy (non-hydrogen) atoms. The highest BCUT2D eigenvalue weighted by atomic mass is 32.1.